The van der Waals surface area contributed by atoms with Gasteiger partial charge in [0.15, 0.2) is 0 Å². The Bertz CT molecular complexity index is 708. The van der Waals surface area contributed by atoms with E-state index in [1.54, 1.807) is 6.08 Å². The minimum absolute atomic E-state index is 0.331. The number of aromatic nitrogens is 2. The summed E-state index contributed by atoms with van der Waals surface area (Å²) < 4.78 is 4.60. The molecular formula is C19H26N2O2. The van der Waals surface area contributed by atoms with E-state index in [1.807, 2.05) is 18.2 Å². The van der Waals surface area contributed by atoms with Crippen LogP contribution in [0, 0.1) is 11.3 Å². The van der Waals surface area contributed by atoms with Crippen LogP contribution in [0.25, 0.3) is 17.1 Å². The molecule has 2 rings (SSSR count). The van der Waals surface area contributed by atoms with Crippen LogP contribution in [0.1, 0.15) is 45.5 Å². The van der Waals surface area contributed by atoms with E-state index >= 15 is 0 Å². The zero-order valence-corrected chi connectivity index (χ0v) is 14.6. The van der Waals surface area contributed by atoms with Gasteiger partial charge in [0, 0.05) is 12.5 Å². The number of imidazole rings is 1. The third-order valence-electron chi connectivity index (χ3n) is 3.67. The standard InChI is InChI=1S/C19H26N2O2/c1-13(12-19(2,3)4)10-17-20-15-8-6-14(11-16(15)21-17)7-9-18(22)23-5/h6-9,11,13H,10,12H2,1-5H3,(H,20,21)/b9-7+. The lowest BCUT2D eigenvalue weighted by Gasteiger charge is -2.22. The number of aromatic amines is 1. The van der Waals surface area contributed by atoms with Gasteiger partial charge in [0.2, 0.25) is 0 Å². The maximum Gasteiger partial charge on any atom is 0.330 e. The molecule has 23 heavy (non-hydrogen) atoms. The minimum atomic E-state index is -0.358. The van der Waals surface area contributed by atoms with Crippen molar-refractivity contribution in [2.24, 2.45) is 11.3 Å². The summed E-state index contributed by atoms with van der Waals surface area (Å²) in [5.74, 6) is 1.24. The van der Waals surface area contributed by atoms with Crippen molar-refractivity contribution in [3.05, 3.63) is 35.7 Å². The average molecular weight is 314 g/mol. The van der Waals surface area contributed by atoms with Crippen LogP contribution < -0.4 is 0 Å². The topological polar surface area (TPSA) is 55.0 Å². The fourth-order valence-electron chi connectivity index (χ4n) is 2.96. The van der Waals surface area contributed by atoms with Gasteiger partial charge in [0.05, 0.1) is 18.1 Å². The lowest BCUT2D eigenvalue weighted by Crippen LogP contribution is -2.13. The number of methoxy groups -OCH3 is 1. The molecule has 0 bridgehead atoms. The molecule has 0 saturated heterocycles. The Hall–Kier alpha value is -2.10. The number of carbonyl (C=O) groups excluding carboxylic acids is 1. The normalized spacial score (nSPS) is 13.6. The number of benzene rings is 1. The van der Waals surface area contributed by atoms with Crippen LogP contribution in [0.2, 0.25) is 0 Å². The summed E-state index contributed by atoms with van der Waals surface area (Å²) in [6, 6.07) is 5.93. The molecule has 0 aliphatic heterocycles. The lowest BCUT2D eigenvalue weighted by atomic mass is 9.84. The molecule has 0 fully saturated rings. The van der Waals surface area contributed by atoms with Crippen LogP contribution in [0.5, 0.6) is 0 Å². The van der Waals surface area contributed by atoms with Gasteiger partial charge in [-0.25, -0.2) is 9.78 Å². The van der Waals surface area contributed by atoms with Crippen LogP contribution in [0.4, 0.5) is 0 Å². The van der Waals surface area contributed by atoms with E-state index in [0.717, 1.165) is 35.3 Å². The van der Waals surface area contributed by atoms with Gasteiger partial charge in [-0.2, -0.15) is 0 Å². The number of nitrogens with zero attached hydrogens (tertiary/aromatic N) is 1. The zero-order valence-electron chi connectivity index (χ0n) is 14.6. The summed E-state index contributed by atoms with van der Waals surface area (Å²) in [5.41, 5.74) is 3.22. The Kier molecular flexibility index (Phi) is 5.24. The smallest absolute Gasteiger partial charge is 0.330 e. The molecule has 4 nitrogen and oxygen atoms in total. The maximum atomic E-state index is 11.2. The number of fused-ring (bicyclic) bond motifs is 1. The van der Waals surface area contributed by atoms with Crippen LogP contribution in [0.15, 0.2) is 24.3 Å². The molecule has 1 aromatic heterocycles. The van der Waals surface area contributed by atoms with Gasteiger partial charge < -0.3 is 9.72 Å². The number of hydrogen-bond acceptors (Lipinski definition) is 3. The molecule has 1 aromatic carbocycles. The van der Waals surface area contributed by atoms with Crippen molar-refractivity contribution in [3.8, 4) is 0 Å². The molecule has 4 heteroatoms. The second-order valence-corrected chi connectivity index (χ2v) is 7.39. The Labute approximate surface area is 138 Å². The predicted octanol–water partition coefficient (Wildman–Crippen LogP) is 4.36. The molecule has 0 amide bonds. The van der Waals surface area contributed by atoms with Crippen molar-refractivity contribution < 1.29 is 9.53 Å². The number of rotatable bonds is 5. The van der Waals surface area contributed by atoms with Crippen LogP contribution in [0.3, 0.4) is 0 Å². The summed E-state index contributed by atoms with van der Waals surface area (Å²) in [4.78, 5) is 19.2. The Morgan fingerprint density at radius 2 is 2.13 bits per heavy atom. The van der Waals surface area contributed by atoms with Gasteiger partial charge in [-0.3, -0.25) is 0 Å². The first-order chi connectivity index (χ1) is 10.8. The Morgan fingerprint density at radius 3 is 2.78 bits per heavy atom. The minimum Gasteiger partial charge on any atom is -0.466 e. The summed E-state index contributed by atoms with van der Waals surface area (Å²) in [6.45, 7) is 9.06. The van der Waals surface area contributed by atoms with E-state index in [0.29, 0.717) is 11.3 Å². The number of carbonyl (C=O) groups is 1. The summed E-state index contributed by atoms with van der Waals surface area (Å²) in [7, 11) is 1.37. The quantitative estimate of drug-likeness (QED) is 0.659. The molecule has 0 aliphatic carbocycles. The molecule has 1 unspecified atom stereocenters. The third kappa shape index (κ3) is 5.23. The van der Waals surface area contributed by atoms with E-state index in [-0.39, 0.29) is 5.97 Å². The zero-order chi connectivity index (χ0) is 17.0. The highest BCUT2D eigenvalue weighted by Crippen LogP contribution is 2.26. The van der Waals surface area contributed by atoms with Crippen molar-refractivity contribution in [3.63, 3.8) is 0 Å². The summed E-state index contributed by atoms with van der Waals surface area (Å²) in [6.07, 6.45) is 5.26. The van der Waals surface area contributed by atoms with Crippen molar-refractivity contribution >= 4 is 23.1 Å². The second-order valence-electron chi connectivity index (χ2n) is 7.39. The molecule has 0 saturated carbocycles. The molecule has 1 N–H and O–H groups in total. The second kappa shape index (κ2) is 6.99. The van der Waals surface area contributed by atoms with Crippen LogP contribution in [-0.4, -0.2) is 23.0 Å². The molecule has 0 aliphatic rings. The monoisotopic (exact) mass is 314 g/mol. The Morgan fingerprint density at radius 1 is 1.39 bits per heavy atom. The fourth-order valence-corrected chi connectivity index (χ4v) is 2.96. The predicted molar refractivity (Wildman–Crippen MR) is 94.1 cm³/mol. The fraction of sp³-hybridized carbons (Fsp3) is 0.474. The SMILES string of the molecule is COC(=O)/C=C/c1ccc2[nH]c(CC(C)CC(C)(C)C)nc2c1. The van der Waals surface area contributed by atoms with Crippen molar-refractivity contribution in [2.75, 3.05) is 7.11 Å². The van der Waals surface area contributed by atoms with Gasteiger partial charge in [-0.15, -0.1) is 0 Å². The van der Waals surface area contributed by atoms with Gasteiger partial charge >= 0.3 is 5.97 Å². The number of esters is 1. The summed E-state index contributed by atoms with van der Waals surface area (Å²) in [5, 5.41) is 0. The first-order valence-corrected chi connectivity index (χ1v) is 8.01. The molecule has 124 valence electrons. The lowest BCUT2D eigenvalue weighted by molar-refractivity contribution is -0.134. The highest BCUT2D eigenvalue weighted by molar-refractivity contribution is 5.88. The largest absolute Gasteiger partial charge is 0.466 e. The van der Waals surface area contributed by atoms with Crippen LogP contribution in [-0.2, 0) is 16.0 Å². The maximum absolute atomic E-state index is 11.2. The van der Waals surface area contributed by atoms with Crippen molar-refractivity contribution in [2.45, 2.75) is 40.5 Å². The van der Waals surface area contributed by atoms with E-state index in [2.05, 4.69) is 42.4 Å². The van der Waals surface area contributed by atoms with Crippen molar-refractivity contribution in [1.29, 1.82) is 0 Å². The Balaban J connectivity index is 2.13. The molecular weight excluding hydrogens is 288 g/mol. The van der Waals surface area contributed by atoms with E-state index in [9.17, 15) is 4.79 Å². The van der Waals surface area contributed by atoms with Gasteiger partial charge in [-0.1, -0.05) is 33.8 Å². The highest BCUT2D eigenvalue weighted by atomic mass is 16.5. The summed E-state index contributed by atoms with van der Waals surface area (Å²) >= 11 is 0. The first-order valence-electron chi connectivity index (χ1n) is 8.01. The average Bonchev–Trinajstić information content (AvgIpc) is 2.83. The highest BCUT2D eigenvalue weighted by Gasteiger charge is 2.16. The van der Waals surface area contributed by atoms with Gasteiger partial charge in [-0.05, 0) is 41.5 Å². The van der Waals surface area contributed by atoms with Crippen molar-refractivity contribution in [1.82, 2.24) is 9.97 Å². The van der Waals surface area contributed by atoms with E-state index in [4.69, 9.17) is 0 Å². The van der Waals surface area contributed by atoms with Gasteiger partial charge in [0.25, 0.3) is 0 Å². The first kappa shape index (κ1) is 17.3. The van der Waals surface area contributed by atoms with Crippen LogP contribution >= 0.6 is 0 Å². The number of H-pyrrole nitrogens is 1. The molecule has 0 radical (unpaired) electrons. The van der Waals surface area contributed by atoms with Gasteiger partial charge in [0.1, 0.15) is 5.82 Å². The molecule has 2 aromatic rings. The molecule has 1 heterocycles. The molecule has 0 spiro atoms. The van der Waals surface area contributed by atoms with E-state index < -0.39 is 0 Å². The number of ether oxygens (including phenoxy) is 1. The van der Waals surface area contributed by atoms with E-state index in [1.165, 1.54) is 13.2 Å². The molecule has 1 atom stereocenters. The number of hydrogen-bond donors (Lipinski definition) is 1. The third-order valence-corrected chi connectivity index (χ3v) is 3.67. The number of nitrogens with one attached hydrogen (secondary N) is 1.